The Morgan fingerprint density at radius 2 is 2.21 bits per heavy atom. The summed E-state index contributed by atoms with van der Waals surface area (Å²) in [6, 6.07) is 6.98. The minimum Gasteiger partial charge on any atom is -0.760 e. The van der Waals surface area contributed by atoms with Crippen molar-refractivity contribution in [3.63, 3.8) is 0 Å². The minimum absolute atomic E-state index is 0.161. The summed E-state index contributed by atoms with van der Waals surface area (Å²) >= 11 is 3.70. The van der Waals surface area contributed by atoms with E-state index >= 15 is 0 Å². The number of nitrogens with zero attached hydrogens (tertiary/aromatic N) is 3. The van der Waals surface area contributed by atoms with Gasteiger partial charge in [0.25, 0.3) is 0 Å². The summed E-state index contributed by atoms with van der Waals surface area (Å²) in [6.07, 6.45) is 1.60. The number of aromatic nitrogens is 3. The molecule has 2 atom stereocenters. The van der Waals surface area contributed by atoms with Crippen molar-refractivity contribution in [1.29, 1.82) is 0 Å². The number of nitrogens with one attached hydrogen (secondary N) is 2. The van der Waals surface area contributed by atoms with Gasteiger partial charge in [0, 0.05) is 35.4 Å². The first-order valence-electron chi connectivity index (χ1n) is 7.56. The average molecular weight is 370 g/mol. The predicted molar refractivity (Wildman–Crippen MR) is 92.0 cm³/mol. The van der Waals surface area contributed by atoms with Gasteiger partial charge in [-0.1, -0.05) is 23.7 Å². The van der Waals surface area contributed by atoms with Crippen LogP contribution in [0.4, 0.5) is 11.9 Å². The lowest BCUT2D eigenvalue weighted by Crippen LogP contribution is -2.40. The molecule has 3 rings (SSSR count). The lowest BCUT2D eigenvalue weighted by atomic mass is 9.86. The fourth-order valence-corrected chi connectivity index (χ4v) is 3.81. The van der Waals surface area contributed by atoms with Crippen LogP contribution >= 0.6 is 11.6 Å². The van der Waals surface area contributed by atoms with Crippen LogP contribution in [0.2, 0.25) is 5.02 Å². The summed E-state index contributed by atoms with van der Waals surface area (Å²) in [5.41, 5.74) is 6.43. The lowest BCUT2D eigenvalue weighted by molar-refractivity contribution is 0.323. The van der Waals surface area contributed by atoms with Crippen molar-refractivity contribution >= 4 is 34.8 Å². The molecule has 0 radical (unpaired) electrons. The highest BCUT2D eigenvalue weighted by Crippen LogP contribution is 2.33. The van der Waals surface area contributed by atoms with E-state index in [4.69, 9.17) is 17.3 Å². The summed E-state index contributed by atoms with van der Waals surface area (Å²) in [7, 11) is 0. The van der Waals surface area contributed by atoms with Gasteiger partial charge in [-0.05, 0) is 36.5 Å². The zero-order chi connectivity index (χ0) is 17.1. The molecule has 1 aliphatic heterocycles. The van der Waals surface area contributed by atoms with E-state index in [9.17, 15) is 8.76 Å². The fraction of sp³-hybridized carbons (Fsp3) is 0.429. The van der Waals surface area contributed by atoms with Crippen LogP contribution in [-0.4, -0.2) is 37.0 Å². The largest absolute Gasteiger partial charge is 0.760 e. The van der Waals surface area contributed by atoms with Crippen molar-refractivity contribution in [2.45, 2.75) is 18.9 Å². The highest BCUT2D eigenvalue weighted by molar-refractivity contribution is 7.77. The van der Waals surface area contributed by atoms with E-state index in [0.717, 1.165) is 31.5 Å². The SMILES string of the molecule is Nc1nc(N2CCC(C(NS(=O)[O-])c3cccc(Cl)c3)CC2)n[nH]1. The molecule has 1 aromatic heterocycles. The van der Waals surface area contributed by atoms with E-state index in [-0.39, 0.29) is 17.9 Å². The van der Waals surface area contributed by atoms with E-state index in [0.29, 0.717) is 11.0 Å². The van der Waals surface area contributed by atoms with Gasteiger partial charge in [-0.3, -0.25) is 4.21 Å². The molecule has 0 aliphatic carbocycles. The normalized spacial score (nSPS) is 18.5. The molecule has 4 N–H and O–H groups in total. The van der Waals surface area contributed by atoms with Crippen LogP contribution < -0.4 is 15.4 Å². The molecule has 8 nitrogen and oxygen atoms in total. The van der Waals surface area contributed by atoms with Crippen LogP contribution in [0.5, 0.6) is 0 Å². The molecule has 0 bridgehead atoms. The maximum absolute atomic E-state index is 11.2. The number of nitrogens with two attached hydrogens (primary N) is 1. The molecule has 0 saturated carbocycles. The van der Waals surface area contributed by atoms with Crippen LogP contribution in [0.3, 0.4) is 0 Å². The number of aromatic amines is 1. The Balaban J connectivity index is 1.72. The molecule has 24 heavy (non-hydrogen) atoms. The van der Waals surface area contributed by atoms with Gasteiger partial charge in [0.05, 0.1) is 0 Å². The van der Waals surface area contributed by atoms with Crippen LogP contribution in [0.15, 0.2) is 24.3 Å². The van der Waals surface area contributed by atoms with Crippen molar-refractivity contribution in [2.75, 3.05) is 23.7 Å². The zero-order valence-corrected chi connectivity index (χ0v) is 14.4. The number of H-pyrrole nitrogens is 1. The van der Waals surface area contributed by atoms with E-state index in [1.54, 1.807) is 12.1 Å². The van der Waals surface area contributed by atoms with Gasteiger partial charge < -0.3 is 15.2 Å². The van der Waals surface area contributed by atoms with Crippen molar-refractivity contribution < 1.29 is 8.76 Å². The number of hydrogen-bond donors (Lipinski definition) is 3. The average Bonchev–Trinajstić information content (AvgIpc) is 2.99. The molecule has 10 heteroatoms. The summed E-state index contributed by atoms with van der Waals surface area (Å²) in [4.78, 5) is 6.16. The van der Waals surface area contributed by atoms with Crippen LogP contribution in [-0.2, 0) is 11.3 Å². The number of halogens is 1. The number of nitrogen functional groups attached to an aromatic ring is 1. The first-order valence-corrected chi connectivity index (χ1v) is 9.02. The maximum atomic E-state index is 11.2. The Bertz CT molecular complexity index is 719. The van der Waals surface area contributed by atoms with Gasteiger partial charge in [-0.25, -0.2) is 9.82 Å². The number of hydrogen-bond acceptors (Lipinski definition) is 6. The summed E-state index contributed by atoms with van der Waals surface area (Å²) < 4.78 is 25.0. The Hall–Kier alpha value is -1.68. The number of piperidine rings is 1. The third-order valence-electron chi connectivity index (χ3n) is 4.22. The summed E-state index contributed by atoms with van der Waals surface area (Å²) in [5.74, 6) is 1.02. The maximum Gasteiger partial charge on any atom is 0.246 e. The third-order valence-corrected chi connectivity index (χ3v) is 4.90. The molecule has 2 unspecified atom stereocenters. The Morgan fingerprint density at radius 1 is 1.46 bits per heavy atom. The number of rotatable bonds is 5. The quantitative estimate of drug-likeness (QED) is 0.684. The Kier molecular flexibility index (Phi) is 5.34. The summed E-state index contributed by atoms with van der Waals surface area (Å²) in [6.45, 7) is 1.46. The molecule has 1 aromatic carbocycles. The molecule has 2 heterocycles. The summed E-state index contributed by atoms with van der Waals surface area (Å²) in [5, 5.41) is 7.27. The molecule has 1 aliphatic rings. The third kappa shape index (κ3) is 4.04. The Labute approximate surface area is 147 Å². The van der Waals surface area contributed by atoms with Crippen LogP contribution in [0.1, 0.15) is 24.4 Å². The van der Waals surface area contributed by atoms with Crippen LogP contribution in [0.25, 0.3) is 0 Å². The van der Waals surface area contributed by atoms with E-state index in [1.807, 2.05) is 17.0 Å². The number of benzene rings is 1. The van der Waals surface area contributed by atoms with E-state index in [1.165, 1.54) is 0 Å². The van der Waals surface area contributed by atoms with Crippen molar-refractivity contribution in [3.8, 4) is 0 Å². The van der Waals surface area contributed by atoms with Crippen molar-refractivity contribution in [1.82, 2.24) is 19.9 Å². The second-order valence-electron chi connectivity index (χ2n) is 5.73. The van der Waals surface area contributed by atoms with Gasteiger partial charge >= 0.3 is 0 Å². The minimum atomic E-state index is -2.35. The molecule has 1 saturated heterocycles. The monoisotopic (exact) mass is 369 g/mol. The highest BCUT2D eigenvalue weighted by atomic mass is 35.5. The molecule has 0 spiro atoms. The standard InChI is InChI=1S/C14H19ClN6O2S/c15-11-3-1-2-10(8-11)12(20-24(22)23)9-4-6-21(7-5-9)14-17-13(16)18-19-14/h1-3,8-9,12,20H,4-7H2,(H,22,23)(H3,16,17,18,19)/p-1. The van der Waals surface area contributed by atoms with E-state index < -0.39 is 11.3 Å². The zero-order valence-electron chi connectivity index (χ0n) is 12.8. The molecule has 2 aromatic rings. The predicted octanol–water partition coefficient (Wildman–Crippen LogP) is 1.38. The highest BCUT2D eigenvalue weighted by Gasteiger charge is 2.29. The van der Waals surface area contributed by atoms with Crippen molar-refractivity contribution in [3.05, 3.63) is 34.9 Å². The van der Waals surface area contributed by atoms with Gasteiger partial charge in [-0.2, -0.15) is 4.98 Å². The van der Waals surface area contributed by atoms with Crippen molar-refractivity contribution in [2.24, 2.45) is 5.92 Å². The second kappa shape index (κ2) is 7.47. The first-order chi connectivity index (χ1) is 11.5. The van der Waals surface area contributed by atoms with Crippen LogP contribution in [0, 0.1) is 5.92 Å². The number of anilines is 2. The van der Waals surface area contributed by atoms with E-state index in [2.05, 4.69) is 19.9 Å². The second-order valence-corrected chi connectivity index (χ2v) is 6.87. The molecule has 130 valence electrons. The lowest BCUT2D eigenvalue weighted by Gasteiger charge is -2.36. The fourth-order valence-electron chi connectivity index (χ4n) is 3.08. The van der Waals surface area contributed by atoms with Gasteiger partial charge in [0.2, 0.25) is 11.9 Å². The Morgan fingerprint density at radius 3 is 2.79 bits per heavy atom. The van der Waals surface area contributed by atoms with Gasteiger partial charge in [0.15, 0.2) is 0 Å². The topological polar surface area (TPSA) is 123 Å². The molecular weight excluding hydrogens is 352 g/mol. The molecule has 0 amide bonds. The first kappa shape index (κ1) is 17.2. The van der Waals surface area contributed by atoms with Gasteiger partial charge in [-0.15, -0.1) is 5.10 Å². The smallest absolute Gasteiger partial charge is 0.246 e. The van der Waals surface area contributed by atoms with Gasteiger partial charge in [0.1, 0.15) is 0 Å². The molecular formula is C14H18ClN6O2S-. The molecule has 1 fully saturated rings.